The number of benzene rings is 1. The van der Waals surface area contributed by atoms with E-state index in [0.717, 1.165) is 18.5 Å². The van der Waals surface area contributed by atoms with Gasteiger partial charge in [0.2, 0.25) is 11.8 Å². The van der Waals surface area contributed by atoms with Gasteiger partial charge in [0.25, 0.3) is 0 Å². The van der Waals surface area contributed by atoms with Gasteiger partial charge >= 0.3 is 0 Å². The maximum absolute atomic E-state index is 12.2. The fourth-order valence-corrected chi connectivity index (χ4v) is 3.53. The molecule has 4 heteroatoms. The van der Waals surface area contributed by atoms with Crippen molar-refractivity contribution in [1.29, 1.82) is 0 Å². The number of nitrogens with one attached hydrogen (secondary N) is 1. The molecule has 4 nitrogen and oxygen atoms in total. The van der Waals surface area contributed by atoms with Crippen LogP contribution in [-0.4, -0.2) is 24.9 Å². The standard InChI is InChI=1S/C18H24N2O2/c21-17-11-14(13-20(17)16-9-5-2-6-10-16)12-19-18(22)15-7-3-1-4-8-15/h2,5-6,9-10,14-15H,1,3-4,7-8,11-13H2,(H,19,22)/t14-/m1/s1. The minimum Gasteiger partial charge on any atom is -0.356 e. The minimum absolute atomic E-state index is 0.156. The second kappa shape index (κ2) is 6.95. The van der Waals surface area contributed by atoms with Crippen LogP contribution in [0.1, 0.15) is 38.5 Å². The number of para-hydroxylation sites is 1. The summed E-state index contributed by atoms with van der Waals surface area (Å²) in [6, 6.07) is 9.76. The van der Waals surface area contributed by atoms with Crippen LogP contribution < -0.4 is 10.2 Å². The highest BCUT2D eigenvalue weighted by molar-refractivity contribution is 5.95. The largest absolute Gasteiger partial charge is 0.356 e. The molecule has 118 valence electrons. The lowest BCUT2D eigenvalue weighted by atomic mass is 9.88. The number of anilines is 1. The summed E-state index contributed by atoms with van der Waals surface area (Å²) in [6.07, 6.45) is 6.16. The molecular formula is C18H24N2O2. The van der Waals surface area contributed by atoms with Crippen LogP contribution in [0.2, 0.25) is 0 Å². The molecule has 1 saturated heterocycles. The van der Waals surface area contributed by atoms with Gasteiger partial charge in [-0.1, -0.05) is 37.5 Å². The number of carbonyl (C=O) groups is 2. The van der Waals surface area contributed by atoms with Crippen LogP contribution in [0.4, 0.5) is 5.69 Å². The van der Waals surface area contributed by atoms with E-state index in [9.17, 15) is 9.59 Å². The van der Waals surface area contributed by atoms with Gasteiger partial charge < -0.3 is 10.2 Å². The molecule has 2 aliphatic rings. The lowest BCUT2D eigenvalue weighted by molar-refractivity contribution is -0.126. The molecule has 1 aliphatic heterocycles. The van der Waals surface area contributed by atoms with Crippen molar-refractivity contribution in [1.82, 2.24) is 5.32 Å². The summed E-state index contributed by atoms with van der Waals surface area (Å²) < 4.78 is 0. The van der Waals surface area contributed by atoms with Crippen molar-refractivity contribution < 1.29 is 9.59 Å². The maximum Gasteiger partial charge on any atom is 0.227 e. The Hall–Kier alpha value is -1.84. The average molecular weight is 300 g/mol. The van der Waals surface area contributed by atoms with Gasteiger partial charge in [-0.05, 0) is 25.0 Å². The molecular weight excluding hydrogens is 276 g/mol. The maximum atomic E-state index is 12.2. The van der Waals surface area contributed by atoms with Crippen molar-refractivity contribution in [3.05, 3.63) is 30.3 Å². The molecule has 1 saturated carbocycles. The monoisotopic (exact) mass is 300 g/mol. The smallest absolute Gasteiger partial charge is 0.227 e. The second-order valence-corrected chi connectivity index (χ2v) is 6.49. The third kappa shape index (κ3) is 3.49. The first-order valence-corrected chi connectivity index (χ1v) is 8.37. The highest BCUT2D eigenvalue weighted by atomic mass is 16.2. The molecule has 22 heavy (non-hydrogen) atoms. The summed E-state index contributed by atoms with van der Waals surface area (Å²) in [5.41, 5.74) is 0.952. The van der Waals surface area contributed by atoms with Crippen LogP contribution in [0.3, 0.4) is 0 Å². The van der Waals surface area contributed by atoms with Crippen molar-refractivity contribution in [3.8, 4) is 0 Å². The molecule has 0 aromatic heterocycles. The molecule has 0 bridgehead atoms. The van der Waals surface area contributed by atoms with Gasteiger partial charge in [-0.15, -0.1) is 0 Å². The quantitative estimate of drug-likeness (QED) is 0.929. The number of hydrogen-bond donors (Lipinski definition) is 1. The minimum atomic E-state index is 0.156. The van der Waals surface area contributed by atoms with Gasteiger partial charge in [-0.3, -0.25) is 9.59 Å². The Morgan fingerprint density at radius 2 is 1.86 bits per heavy atom. The topological polar surface area (TPSA) is 49.4 Å². The van der Waals surface area contributed by atoms with Crippen LogP contribution in [0.25, 0.3) is 0 Å². The lowest BCUT2D eigenvalue weighted by Crippen LogP contribution is -2.36. The first-order chi connectivity index (χ1) is 10.7. The normalized spacial score (nSPS) is 22.8. The van der Waals surface area contributed by atoms with E-state index in [1.807, 2.05) is 35.2 Å². The van der Waals surface area contributed by atoms with E-state index in [1.165, 1.54) is 19.3 Å². The molecule has 1 aliphatic carbocycles. The highest BCUT2D eigenvalue weighted by Crippen LogP contribution is 2.26. The van der Waals surface area contributed by atoms with E-state index < -0.39 is 0 Å². The van der Waals surface area contributed by atoms with Crippen molar-refractivity contribution in [2.45, 2.75) is 38.5 Å². The van der Waals surface area contributed by atoms with Gasteiger partial charge in [0.1, 0.15) is 0 Å². The van der Waals surface area contributed by atoms with Crippen molar-refractivity contribution in [2.24, 2.45) is 11.8 Å². The van der Waals surface area contributed by atoms with Gasteiger partial charge in [-0.25, -0.2) is 0 Å². The first-order valence-electron chi connectivity index (χ1n) is 8.37. The second-order valence-electron chi connectivity index (χ2n) is 6.49. The third-order valence-electron chi connectivity index (χ3n) is 4.81. The zero-order chi connectivity index (χ0) is 15.4. The van der Waals surface area contributed by atoms with Crippen LogP contribution in [0.5, 0.6) is 0 Å². The Kier molecular flexibility index (Phi) is 4.76. The average Bonchev–Trinajstić information content (AvgIpc) is 2.95. The fourth-order valence-electron chi connectivity index (χ4n) is 3.53. The predicted molar refractivity (Wildman–Crippen MR) is 86.5 cm³/mol. The molecule has 0 unspecified atom stereocenters. The summed E-state index contributed by atoms with van der Waals surface area (Å²) in [5, 5.41) is 3.07. The molecule has 1 heterocycles. The van der Waals surface area contributed by atoms with Gasteiger partial charge in [0, 0.05) is 37.0 Å². The fraction of sp³-hybridized carbons (Fsp3) is 0.556. The first kappa shape index (κ1) is 15.1. The zero-order valence-corrected chi connectivity index (χ0v) is 13.0. The molecule has 3 rings (SSSR count). The van der Waals surface area contributed by atoms with Crippen molar-refractivity contribution in [2.75, 3.05) is 18.0 Å². The van der Waals surface area contributed by atoms with E-state index in [4.69, 9.17) is 0 Å². The van der Waals surface area contributed by atoms with E-state index in [2.05, 4.69) is 5.32 Å². The number of amides is 2. The summed E-state index contributed by atoms with van der Waals surface area (Å²) in [6.45, 7) is 1.32. The Labute approximate surface area is 131 Å². The molecule has 1 N–H and O–H groups in total. The summed E-state index contributed by atoms with van der Waals surface area (Å²) >= 11 is 0. The lowest BCUT2D eigenvalue weighted by Gasteiger charge is -2.22. The van der Waals surface area contributed by atoms with E-state index in [0.29, 0.717) is 19.5 Å². The third-order valence-corrected chi connectivity index (χ3v) is 4.81. The summed E-state index contributed by atoms with van der Waals surface area (Å²) in [7, 11) is 0. The number of rotatable bonds is 4. The van der Waals surface area contributed by atoms with E-state index in [-0.39, 0.29) is 23.7 Å². The zero-order valence-electron chi connectivity index (χ0n) is 13.0. The van der Waals surface area contributed by atoms with Crippen LogP contribution in [0, 0.1) is 11.8 Å². The molecule has 1 aromatic rings. The molecule has 0 spiro atoms. The number of hydrogen-bond acceptors (Lipinski definition) is 2. The SMILES string of the molecule is O=C(NC[C@H]1CC(=O)N(c2ccccc2)C1)C1CCCCC1. The van der Waals surface area contributed by atoms with Gasteiger partial charge in [-0.2, -0.15) is 0 Å². The Morgan fingerprint density at radius 3 is 2.59 bits per heavy atom. The number of carbonyl (C=O) groups excluding carboxylic acids is 2. The van der Waals surface area contributed by atoms with E-state index in [1.54, 1.807) is 0 Å². The predicted octanol–water partition coefficient (Wildman–Crippen LogP) is 2.74. The van der Waals surface area contributed by atoms with Crippen LogP contribution in [-0.2, 0) is 9.59 Å². The van der Waals surface area contributed by atoms with Gasteiger partial charge in [0.05, 0.1) is 0 Å². The van der Waals surface area contributed by atoms with Crippen LogP contribution in [0.15, 0.2) is 30.3 Å². The summed E-state index contributed by atoms with van der Waals surface area (Å²) in [4.78, 5) is 26.2. The Balaban J connectivity index is 1.50. The Morgan fingerprint density at radius 1 is 1.14 bits per heavy atom. The molecule has 1 atom stereocenters. The van der Waals surface area contributed by atoms with Crippen molar-refractivity contribution >= 4 is 17.5 Å². The Bertz CT molecular complexity index is 523. The summed E-state index contributed by atoms with van der Waals surface area (Å²) in [5.74, 6) is 0.754. The van der Waals surface area contributed by atoms with Gasteiger partial charge in [0.15, 0.2) is 0 Å². The van der Waals surface area contributed by atoms with E-state index >= 15 is 0 Å². The van der Waals surface area contributed by atoms with Crippen LogP contribution >= 0.6 is 0 Å². The van der Waals surface area contributed by atoms with Crippen molar-refractivity contribution in [3.63, 3.8) is 0 Å². The molecule has 0 radical (unpaired) electrons. The molecule has 1 aromatic carbocycles. The highest BCUT2D eigenvalue weighted by Gasteiger charge is 2.31. The molecule has 2 fully saturated rings. The molecule has 2 amide bonds. The number of nitrogens with zero attached hydrogens (tertiary/aromatic N) is 1.